The summed E-state index contributed by atoms with van der Waals surface area (Å²) in [5.74, 6) is 1.02. The number of hydrogen-bond donors (Lipinski definition) is 1. The molecule has 1 fully saturated rings. The molecule has 0 atom stereocenters. The molecule has 1 N–H and O–H groups in total. The van der Waals surface area contributed by atoms with Crippen LogP contribution in [0.25, 0.3) is 10.2 Å². The maximum Gasteiger partial charge on any atom is 0.227 e. The van der Waals surface area contributed by atoms with Crippen molar-refractivity contribution in [2.45, 2.75) is 19.8 Å². The smallest absolute Gasteiger partial charge is 0.227 e. The standard InChI is InChI=1S/C21H23N3O2S/c1-14-3-5-16(6-4-14)22-20(25)15-9-11-24(12-10-15)21-23-18-8-7-17(26-2)13-19(18)27-21/h3-8,13,15H,9-12H2,1-2H3,(H,22,25). The first kappa shape index (κ1) is 17.8. The highest BCUT2D eigenvalue weighted by atomic mass is 32.1. The number of aryl methyl sites for hydroxylation is 1. The van der Waals surface area contributed by atoms with Gasteiger partial charge in [0.2, 0.25) is 5.91 Å². The van der Waals surface area contributed by atoms with Crippen molar-refractivity contribution in [2.24, 2.45) is 5.92 Å². The summed E-state index contributed by atoms with van der Waals surface area (Å²) in [6, 6.07) is 13.9. The number of thiazole rings is 1. The zero-order chi connectivity index (χ0) is 18.8. The Morgan fingerprint density at radius 2 is 1.93 bits per heavy atom. The SMILES string of the molecule is COc1ccc2nc(N3CCC(C(=O)Nc4ccc(C)cc4)CC3)sc2c1. The number of rotatable bonds is 4. The van der Waals surface area contributed by atoms with E-state index in [1.165, 1.54) is 5.56 Å². The van der Waals surface area contributed by atoms with E-state index in [9.17, 15) is 4.79 Å². The number of fused-ring (bicyclic) bond motifs is 1. The number of carbonyl (C=O) groups is 1. The normalized spacial score (nSPS) is 15.1. The Labute approximate surface area is 163 Å². The number of methoxy groups -OCH3 is 1. The van der Waals surface area contributed by atoms with Crippen LogP contribution in [-0.2, 0) is 4.79 Å². The molecule has 5 nitrogen and oxygen atoms in total. The molecule has 0 bridgehead atoms. The van der Waals surface area contributed by atoms with Crippen LogP contribution in [0, 0.1) is 12.8 Å². The summed E-state index contributed by atoms with van der Waals surface area (Å²) in [7, 11) is 1.68. The van der Waals surface area contributed by atoms with Crippen LogP contribution in [0.2, 0.25) is 0 Å². The summed E-state index contributed by atoms with van der Waals surface area (Å²) in [5.41, 5.74) is 3.05. The highest BCUT2D eigenvalue weighted by molar-refractivity contribution is 7.22. The molecule has 1 aliphatic heterocycles. The molecule has 0 radical (unpaired) electrons. The van der Waals surface area contributed by atoms with E-state index in [1.807, 2.05) is 49.4 Å². The van der Waals surface area contributed by atoms with Crippen molar-refractivity contribution in [3.8, 4) is 5.75 Å². The number of piperidine rings is 1. The van der Waals surface area contributed by atoms with Crippen LogP contribution in [0.3, 0.4) is 0 Å². The number of ether oxygens (including phenoxy) is 1. The molecule has 1 amide bonds. The molecule has 1 aliphatic rings. The Morgan fingerprint density at radius 1 is 1.19 bits per heavy atom. The van der Waals surface area contributed by atoms with Crippen molar-refractivity contribution in [3.63, 3.8) is 0 Å². The molecule has 3 aromatic rings. The van der Waals surface area contributed by atoms with Gasteiger partial charge in [-0.2, -0.15) is 0 Å². The Morgan fingerprint density at radius 3 is 2.63 bits per heavy atom. The zero-order valence-corrected chi connectivity index (χ0v) is 16.4. The third-order valence-electron chi connectivity index (χ3n) is 5.04. The molecule has 2 heterocycles. The quantitative estimate of drug-likeness (QED) is 0.724. The van der Waals surface area contributed by atoms with Crippen LogP contribution >= 0.6 is 11.3 Å². The molecule has 2 aromatic carbocycles. The maximum atomic E-state index is 12.6. The van der Waals surface area contributed by atoms with Gasteiger partial charge in [-0.25, -0.2) is 4.98 Å². The highest BCUT2D eigenvalue weighted by Gasteiger charge is 2.26. The van der Waals surface area contributed by atoms with Crippen LogP contribution in [0.1, 0.15) is 18.4 Å². The minimum atomic E-state index is 0.0528. The second kappa shape index (κ2) is 7.56. The molecule has 4 rings (SSSR count). The lowest BCUT2D eigenvalue weighted by Crippen LogP contribution is -2.38. The van der Waals surface area contributed by atoms with E-state index < -0.39 is 0 Å². The van der Waals surface area contributed by atoms with Crippen molar-refractivity contribution >= 4 is 38.3 Å². The minimum Gasteiger partial charge on any atom is -0.497 e. The van der Waals surface area contributed by atoms with Crippen molar-refractivity contribution in [1.29, 1.82) is 0 Å². The topological polar surface area (TPSA) is 54.5 Å². The fraction of sp³-hybridized carbons (Fsp3) is 0.333. The summed E-state index contributed by atoms with van der Waals surface area (Å²) in [4.78, 5) is 19.6. The number of nitrogens with one attached hydrogen (secondary N) is 1. The summed E-state index contributed by atoms with van der Waals surface area (Å²) in [5, 5.41) is 4.07. The Bertz CT molecular complexity index is 944. The largest absolute Gasteiger partial charge is 0.497 e. The Balaban J connectivity index is 1.38. The molecule has 1 aromatic heterocycles. The first-order chi connectivity index (χ1) is 13.1. The fourth-order valence-corrected chi connectivity index (χ4v) is 4.41. The molecular formula is C21H23N3O2S. The monoisotopic (exact) mass is 381 g/mol. The molecule has 0 spiro atoms. The van der Waals surface area contributed by atoms with E-state index in [-0.39, 0.29) is 11.8 Å². The number of carbonyl (C=O) groups excluding carboxylic acids is 1. The van der Waals surface area contributed by atoms with Crippen LogP contribution in [0.15, 0.2) is 42.5 Å². The number of amides is 1. The number of benzene rings is 2. The molecule has 6 heteroatoms. The molecule has 1 saturated heterocycles. The average molecular weight is 382 g/mol. The first-order valence-corrected chi connectivity index (χ1v) is 10.0. The number of anilines is 2. The summed E-state index contributed by atoms with van der Waals surface area (Å²) >= 11 is 1.68. The second-order valence-corrected chi connectivity index (χ2v) is 7.96. The Kier molecular flexibility index (Phi) is 4.99. The Hall–Kier alpha value is -2.60. The lowest BCUT2D eigenvalue weighted by molar-refractivity contribution is -0.120. The van der Waals surface area contributed by atoms with Gasteiger partial charge in [-0.1, -0.05) is 29.0 Å². The van der Waals surface area contributed by atoms with Gasteiger partial charge in [0.15, 0.2) is 5.13 Å². The summed E-state index contributed by atoms with van der Waals surface area (Å²) in [6.07, 6.45) is 1.69. The van der Waals surface area contributed by atoms with Crippen molar-refractivity contribution < 1.29 is 9.53 Å². The van der Waals surface area contributed by atoms with E-state index in [0.717, 1.165) is 52.7 Å². The van der Waals surface area contributed by atoms with Crippen molar-refractivity contribution in [2.75, 3.05) is 30.4 Å². The maximum absolute atomic E-state index is 12.6. The van der Waals surface area contributed by atoms with Crippen LogP contribution < -0.4 is 15.0 Å². The predicted molar refractivity (Wildman–Crippen MR) is 111 cm³/mol. The van der Waals surface area contributed by atoms with E-state index in [4.69, 9.17) is 9.72 Å². The number of aromatic nitrogens is 1. The van der Waals surface area contributed by atoms with Crippen LogP contribution in [-0.4, -0.2) is 31.1 Å². The van der Waals surface area contributed by atoms with Gasteiger partial charge in [0.05, 0.1) is 17.3 Å². The van der Waals surface area contributed by atoms with Crippen LogP contribution in [0.4, 0.5) is 10.8 Å². The van der Waals surface area contributed by atoms with Gasteiger partial charge >= 0.3 is 0 Å². The van der Waals surface area contributed by atoms with E-state index in [0.29, 0.717) is 0 Å². The van der Waals surface area contributed by atoms with Gasteiger partial charge in [0.1, 0.15) is 5.75 Å². The van der Waals surface area contributed by atoms with Gasteiger partial charge in [0, 0.05) is 24.7 Å². The molecule has 27 heavy (non-hydrogen) atoms. The van der Waals surface area contributed by atoms with Gasteiger partial charge < -0.3 is 15.0 Å². The number of nitrogens with zero attached hydrogens (tertiary/aromatic N) is 2. The number of hydrogen-bond acceptors (Lipinski definition) is 5. The molecular weight excluding hydrogens is 358 g/mol. The molecule has 0 saturated carbocycles. The lowest BCUT2D eigenvalue weighted by atomic mass is 9.96. The van der Waals surface area contributed by atoms with Gasteiger partial charge in [-0.3, -0.25) is 4.79 Å². The van der Waals surface area contributed by atoms with E-state index >= 15 is 0 Å². The van der Waals surface area contributed by atoms with Gasteiger partial charge in [0.25, 0.3) is 0 Å². The summed E-state index contributed by atoms with van der Waals surface area (Å²) in [6.45, 7) is 3.74. The fourth-order valence-electron chi connectivity index (χ4n) is 3.37. The van der Waals surface area contributed by atoms with Gasteiger partial charge in [-0.05, 0) is 50.1 Å². The third-order valence-corrected chi connectivity index (χ3v) is 6.12. The second-order valence-electron chi connectivity index (χ2n) is 6.95. The van der Waals surface area contributed by atoms with E-state index in [1.54, 1.807) is 18.4 Å². The minimum absolute atomic E-state index is 0.0528. The highest BCUT2D eigenvalue weighted by Crippen LogP contribution is 2.33. The average Bonchev–Trinajstić information content (AvgIpc) is 3.13. The molecule has 0 unspecified atom stereocenters. The third kappa shape index (κ3) is 3.90. The first-order valence-electron chi connectivity index (χ1n) is 9.19. The zero-order valence-electron chi connectivity index (χ0n) is 15.6. The molecule has 0 aliphatic carbocycles. The van der Waals surface area contributed by atoms with Crippen molar-refractivity contribution in [3.05, 3.63) is 48.0 Å². The lowest BCUT2D eigenvalue weighted by Gasteiger charge is -2.31. The van der Waals surface area contributed by atoms with E-state index in [2.05, 4.69) is 10.2 Å². The van der Waals surface area contributed by atoms with Gasteiger partial charge in [-0.15, -0.1) is 0 Å². The molecule has 140 valence electrons. The van der Waals surface area contributed by atoms with Crippen molar-refractivity contribution in [1.82, 2.24) is 4.98 Å². The predicted octanol–water partition coefficient (Wildman–Crippen LogP) is 4.47. The van der Waals surface area contributed by atoms with Crippen LogP contribution in [0.5, 0.6) is 5.75 Å². The summed E-state index contributed by atoms with van der Waals surface area (Å²) < 4.78 is 6.42.